The van der Waals surface area contributed by atoms with E-state index in [-0.39, 0.29) is 5.92 Å². The Kier molecular flexibility index (Phi) is 4.00. The first kappa shape index (κ1) is 10.3. The summed E-state index contributed by atoms with van der Waals surface area (Å²) in [6, 6.07) is 0. The number of carboxylic acid groups (broad SMARTS) is 1. The summed E-state index contributed by atoms with van der Waals surface area (Å²) in [5.41, 5.74) is 1.35. The highest BCUT2D eigenvalue weighted by atomic mass is 16.4. The molecule has 0 saturated heterocycles. The van der Waals surface area contributed by atoms with E-state index in [1.807, 2.05) is 6.08 Å². The van der Waals surface area contributed by atoms with Crippen LogP contribution in [0.3, 0.4) is 0 Å². The molecule has 0 amide bonds. The van der Waals surface area contributed by atoms with Gasteiger partial charge in [-0.05, 0) is 19.3 Å². The molecule has 1 N–H and O–H groups in total. The Bertz CT molecular complexity index is 206. The average molecular weight is 182 g/mol. The Balaban J connectivity index is 2.06. The number of hydrogen-bond donors (Lipinski definition) is 1. The average Bonchev–Trinajstić information content (AvgIpc) is 2.00. The van der Waals surface area contributed by atoms with Crippen molar-refractivity contribution >= 4 is 5.97 Å². The van der Waals surface area contributed by atoms with Gasteiger partial charge in [-0.1, -0.05) is 37.8 Å². The zero-order valence-electron chi connectivity index (χ0n) is 8.25. The summed E-state index contributed by atoms with van der Waals surface area (Å²) in [5.74, 6) is -0.849. The Morgan fingerprint density at radius 2 is 2.23 bits per heavy atom. The maximum absolute atomic E-state index is 10.5. The van der Waals surface area contributed by atoms with Crippen LogP contribution < -0.4 is 0 Å². The van der Waals surface area contributed by atoms with E-state index in [9.17, 15) is 4.79 Å². The number of unbranched alkanes of at least 4 members (excludes halogenated alkanes) is 3. The number of aliphatic carboxylic acids is 1. The first-order valence-electron chi connectivity index (χ1n) is 5.16. The number of carboxylic acids is 1. The highest BCUT2D eigenvalue weighted by Crippen LogP contribution is 2.29. The van der Waals surface area contributed by atoms with E-state index in [4.69, 9.17) is 5.11 Å². The van der Waals surface area contributed by atoms with Crippen LogP contribution in [0.15, 0.2) is 11.6 Å². The van der Waals surface area contributed by atoms with Gasteiger partial charge in [0.15, 0.2) is 0 Å². The SMILES string of the molecule is CCCCCCC1=C[C@H](C(=O)O)C1. The van der Waals surface area contributed by atoms with Gasteiger partial charge in [0.1, 0.15) is 0 Å². The smallest absolute Gasteiger partial charge is 0.310 e. The molecule has 0 aromatic heterocycles. The van der Waals surface area contributed by atoms with Crippen molar-refractivity contribution in [2.75, 3.05) is 0 Å². The zero-order valence-corrected chi connectivity index (χ0v) is 8.25. The Labute approximate surface area is 79.6 Å². The number of hydrogen-bond acceptors (Lipinski definition) is 1. The number of allylic oxidation sites excluding steroid dienone is 1. The predicted molar refractivity (Wildman–Crippen MR) is 52.6 cm³/mol. The van der Waals surface area contributed by atoms with Crippen LogP contribution in [0, 0.1) is 5.92 Å². The number of rotatable bonds is 6. The van der Waals surface area contributed by atoms with Crippen molar-refractivity contribution in [3.8, 4) is 0 Å². The van der Waals surface area contributed by atoms with Gasteiger partial charge in [-0.15, -0.1) is 0 Å². The summed E-state index contributed by atoms with van der Waals surface area (Å²) in [4.78, 5) is 10.5. The minimum atomic E-state index is -0.669. The van der Waals surface area contributed by atoms with Crippen LogP contribution in [-0.2, 0) is 4.79 Å². The van der Waals surface area contributed by atoms with Crippen LogP contribution in [0.5, 0.6) is 0 Å². The molecule has 74 valence electrons. The standard InChI is InChI=1S/C11H18O2/c1-2-3-4-5-6-9-7-10(8-9)11(12)13/h7,10H,2-6,8H2,1H3,(H,12,13)/t10-/m0/s1. The lowest BCUT2D eigenvalue weighted by Crippen LogP contribution is -2.19. The van der Waals surface area contributed by atoms with Gasteiger partial charge in [0.2, 0.25) is 0 Å². The van der Waals surface area contributed by atoms with Gasteiger partial charge in [-0.2, -0.15) is 0 Å². The molecule has 0 heterocycles. The first-order chi connectivity index (χ1) is 6.24. The van der Waals surface area contributed by atoms with Gasteiger partial charge in [-0.25, -0.2) is 0 Å². The molecule has 0 aromatic carbocycles. The van der Waals surface area contributed by atoms with Crippen LogP contribution in [0.2, 0.25) is 0 Å². The lowest BCUT2D eigenvalue weighted by atomic mass is 9.84. The maximum atomic E-state index is 10.5. The van der Waals surface area contributed by atoms with Crippen molar-refractivity contribution in [3.05, 3.63) is 11.6 Å². The summed E-state index contributed by atoms with van der Waals surface area (Å²) in [7, 11) is 0. The Morgan fingerprint density at radius 1 is 1.54 bits per heavy atom. The van der Waals surface area contributed by atoms with E-state index in [1.165, 1.54) is 31.3 Å². The molecule has 0 unspecified atom stereocenters. The summed E-state index contributed by atoms with van der Waals surface area (Å²) in [5, 5.41) is 8.62. The molecular weight excluding hydrogens is 164 g/mol. The molecule has 0 saturated carbocycles. The second-order valence-corrected chi connectivity index (χ2v) is 3.78. The summed E-state index contributed by atoms with van der Waals surface area (Å²) in [6.07, 6.45) is 8.89. The van der Waals surface area contributed by atoms with Gasteiger partial charge in [0.05, 0.1) is 5.92 Å². The lowest BCUT2D eigenvalue weighted by molar-refractivity contribution is -0.140. The zero-order chi connectivity index (χ0) is 9.68. The number of carbonyl (C=O) groups is 1. The summed E-state index contributed by atoms with van der Waals surface area (Å²) >= 11 is 0. The molecule has 0 fully saturated rings. The molecule has 2 heteroatoms. The molecule has 1 aliphatic rings. The third-order valence-corrected chi connectivity index (χ3v) is 2.59. The Hall–Kier alpha value is -0.790. The van der Waals surface area contributed by atoms with Gasteiger partial charge >= 0.3 is 5.97 Å². The van der Waals surface area contributed by atoms with E-state index in [1.54, 1.807) is 0 Å². The van der Waals surface area contributed by atoms with E-state index < -0.39 is 5.97 Å². The molecule has 1 atom stereocenters. The van der Waals surface area contributed by atoms with E-state index in [0.717, 1.165) is 12.8 Å². The second kappa shape index (κ2) is 5.05. The molecule has 1 aliphatic carbocycles. The predicted octanol–water partition coefficient (Wildman–Crippen LogP) is 2.99. The van der Waals surface area contributed by atoms with Crippen molar-refractivity contribution in [1.29, 1.82) is 0 Å². The molecule has 0 aromatic rings. The van der Waals surface area contributed by atoms with Crippen molar-refractivity contribution in [1.82, 2.24) is 0 Å². The third kappa shape index (κ3) is 3.21. The fraction of sp³-hybridized carbons (Fsp3) is 0.727. The van der Waals surface area contributed by atoms with Crippen molar-refractivity contribution in [3.63, 3.8) is 0 Å². The van der Waals surface area contributed by atoms with Crippen LogP contribution >= 0.6 is 0 Å². The summed E-state index contributed by atoms with van der Waals surface area (Å²) < 4.78 is 0. The molecule has 0 aliphatic heterocycles. The quantitative estimate of drug-likeness (QED) is 0.506. The monoisotopic (exact) mass is 182 g/mol. The fourth-order valence-electron chi connectivity index (χ4n) is 1.66. The van der Waals surface area contributed by atoms with Crippen LogP contribution in [0.1, 0.15) is 45.4 Å². The molecule has 1 rings (SSSR count). The first-order valence-corrected chi connectivity index (χ1v) is 5.16. The molecule has 0 radical (unpaired) electrons. The molecular formula is C11H18O2. The molecule has 0 spiro atoms. The van der Waals surface area contributed by atoms with Gasteiger partial charge < -0.3 is 5.11 Å². The minimum Gasteiger partial charge on any atom is -0.481 e. The highest BCUT2D eigenvalue weighted by molar-refractivity contribution is 5.74. The minimum absolute atomic E-state index is 0.179. The molecule has 0 bridgehead atoms. The van der Waals surface area contributed by atoms with Gasteiger partial charge in [0.25, 0.3) is 0 Å². The highest BCUT2D eigenvalue weighted by Gasteiger charge is 2.24. The summed E-state index contributed by atoms with van der Waals surface area (Å²) in [6.45, 7) is 2.20. The third-order valence-electron chi connectivity index (χ3n) is 2.59. The second-order valence-electron chi connectivity index (χ2n) is 3.78. The fourth-order valence-corrected chi connectivity index (χ4v) is 1.66. The van der Waals surface area contributed by atoms with E-state index >= 15 is 0 Å². The van der Waals surface area contributed by atoms with Gasteiger partial charge in [-0.3, -0.25) is 4.79 Å². The normalized spacial score (nSPS) is 20.7. The van der Waals surface area contributed by atoms with Crippen LogP contribution in [-0.4, -0.2) is 11.1 Å². The molecule has 13 heavy (non-hydrogen) atoms. The van der Waals surface area contributed by atoms with Crippen molar-refractivity contribution < 1.29 is 9.90 Å². The van der Waals surface area contributed by atoms with Gasteiger partial charge in [0, 0.05) is 0 Å². The van der Waals surface area contributed by atoms with Crippen LogP contribution in [0.25, 0.3) is 0 Å². The van der Waals surface area contributed by atoms with Crippen molar-refractivity contribution in [2.45, 2.75) is 45.4 Å². The van der Waals surface area contributed by atoms with Crippen molar-refractivity contribution in [2.24, 2.45) is 5.92 Å². The van der Waals surface area contributed by atoms with E-state index in [2.05, 4.69) is 6.92 Å². The van der Waals surface area contributed by atoms with E-state index in [0.29, 0.717) is 0 Å². The Morgan fingerprint density at radius 3 is 2.77 bits per heavy atom. The topological polar surface area (TPSA) is 37.3 Å². The lowest BCUT2D eigenvalue weighted by Gasteiger charge is -2.21. The largest absolute Gasteiger partial charge is 0.481 e. The maximum Gasteiger partial charge on any atom is 0.310 e. The molecule has 2 nitrogen and oxygen atoms in total. The van der Waals surface area contributed by atoms with Crippen LogP contribution in [0.4, 0.5) is 0 Å².